The second-order valence-electron chi connectivity index (χ2n) is 4.67. The summed E-state index contributed by atoms with van der Waals surface area (Å²) < 4.78 is 24.8. The lowest BCUT2D eigenvalue weighted by atomic mass is 10.1. The highest BCUT2D eigenvalue weighted by Crippen LogP contribution is 2.21. The minimum Gasteiger partial charge on any atom is -0.330 e. The summed E-state index contributed by atoms with van der Waals surface area (Å²) >= 11 is 0. The molecule has 1 unspecified atom stereocenters. The van der Waals surface area contributed by atoms with Gasteiger partial charge in [-0.25, -0.2) is 8.78 Å². The summed E-state index contributed by atoms with van der Waals surface area (Å²) in [7, 11) is 0. The van der Waals surface area contributed by atoms with Crippen molar-refractivity contribution in [1.29, 1.82) is 0 Å². The first-order valence-electron chi connectivity index (χ1n) is 5.98. The van der Waals surface area contributed by atoms with Crippen molar-refractivity contribution in [3.05, 3.63) is 35.4 Å². The van der Waals surface area contributed by atoms with Gasteiger partial charge in [0.1, 0.15) is 0 Å². The maximum Gasteiger partial charge on any atom is 0.263 e. The molecule has 1 fully saturated rings. The zero-order valence-corrected chi connectivity index (χ0v) is 11.0. The number of alkyl halides is 2. The van der Waals surface area contributed by atoms with Crippen molar-refractivity contribution in [2.75, 3.05) is 19.6 Å². The van der Waals surface area contributed by atoms with Gasteiger partial charge in [-0.3, -0.25) is 4.90 Å². The Bertz CT molecular complexity index is 357. The maximum atomic E-state index is 12.4. The number of nitrogens with zero attached hydrogens (tertiary/aromatic N) is 1. The van der Waals surface area contributed by atoms with Crippen molar-refractivity contribution < 1.29 is 8.78 Å². The van der Waals surface area contributed by atoms with E-state index >= 15 is 0 Å². The molecular formula is C13H19ClF2N2. The monoisotopic (exact) mass is 276 g/mol. The lowest BCUT2D eigenvalue weighted by Gasteiger charge is -2.15. The highest BCUT2D eigenvalue weighted by Gasteiger charge is 2.20. The summed E-state index contributed by atoms with van der Waals surface area (Å²) in [5.41, 5.74) is 6.82. The molecule has 0 aliphatic carbocycles. The Morgan fingerprint density at radius 1 is 1.28 bits per heavy atom. The maximum absolute atomic E-state index is 12.4. The SMILES string of the molecule is Cl.NCC1CCN(Cc2ccc(C(F)F)cc2)C1. The molecule has 1 heterocycles. The Balaban J connectivity index is 0.00000162. The van der Waals surface area contributed by atoms with E-state index in [4.69, 9.17) is 5.73 Å². The first-order valence-corrected chi connectivity index (χ1v) is 5.98. The van der Waals surface area contributed by atoms with E-state index in [9.17, 15) is 8.78 Å². The van der Waals surface area contributed by atoms with Crippen molar-refractivity contribution in [3.63, 3.8) is 0 Å². The molecule has 0 spiro atoms. The van der Waals surface area contributed by atoms with E-state index in [1.807, 2.05) is 0 Å². The van der Waals surface area contributed by atoms with Crippen molar-refractivity contribution in [2.45, 2.75) is 19.4 Å². The fourth-order valence-corrected chi connectivity index (χ4v) is 2.28. The van der Waals surface area contributed by atoms with Gasteiger partial charge < -0.3 is 5.73 Å². The lowest BCUT2D eigenvalue weighted by Crippen LogP contribution is -2.22. The number of hydrogen-bond acceptors (Lipinski definition) is 2. The zero-order chi connectivity index (χ0) is 12.3. The first kappa shape index (κ1) is 15.3. The number of rotatable bonds is 4. The van der Waals surface area contributed by atoms with Crippen molar-refractivity contribution in [2.24, 2.45) is 11.7 Å². The Hall–Kier alpha value is -0.710. The highest BCUT2D eigenvalue weighted by molar-refractivity contribution is 5.85. The number of benzene rings is 1. The predicted octanol–water partition coefficient (Wildman–Crippen LogP) is 2.83. The second kappa shape index (κ2) is 7.02. The minimum atomic E-state index is -2.38. The number of halogens is 3. The second-order valence-corrected chi connectivity index (χ2v) is 4.67. The van der Waals surface area contributed by atoms with Gasteiger partial charge in [-0.05, 0) is 31.0 Å². The normalized spacial score (nSPS) is 20.1. The van der Waals surface area contributed by atoms with Crippen LogP contribution in [0.3, 0.4) is 0 Å². The molecule has 1 aliphatic rings. The molecule has 0 bridgehead atoms. The van der Waals surface area contributed by atoms with Gasteiger partial charge in [0, 0.05) is 18.7 Å². The Morgan fingerprint density at radius 3 is 2.44 bits per heavy atom. The molecule has 2 rings (SSSR count). The molecule has 1 aromatic rings. The molecular weight excluding hydrogens is 258 g/mol. The minimum absolute atomic E-state index is 0. The molecule has 1 aliphatic heterocycles. The average Bonchev–Trinajstić information content (AvgIpc) is 2.77. The largest absolute Gasteiger partial charge is 0.330 e. The van der Waals surface area contributed by atoms with Crippen LogP contribution in [-0.2, 0) is 6.54 Å². The van der Waals surface area contributed by atoms with Gasteiger partial charge in [-0.15, -0.1) is 12.4 Å². The zero-order valence-electron chi connectivity index (χ0n) is 10.2. The van der Waals surface area contributed by atoms with E-state index in [1.165, 1.54) is 12.1 Å². The van der Waals surface area contributed by atoms with Crippen LogP contribution < -0.4 is 5.73 Å². The average molecular weight is 277 g/mol. The topological polar surface area (TPSA) is 29.3 Å². The summed E-state index contributed by atoms with van der Waals surface area (Å²) in [5.74, 6) is 0.593. The molecule has 0 amide bonds. The van der Waals surface area contributed by atoms with Crippen LogP contribution in [0.15, 0.2) is 24.3 Å². The van der Waals surface area contributed by atoms with E-state index in [2.05, 4.69) is 4.90 Å². The van der Waals surface area contributed by atoms with Crippen LogP contribution in [0.1, 0.15) is 24.0 Å². The summed E-state index contributed by atoms with van der Waals surface area (Å²) in [5, 5.41) is 0. The van der Waals surface area contributed by atoms with E-state index in [0.717, 1.165) is 38.2 Å². The summed E-state index contributed by atoms with van der Waals surface area (Å²) in [6.07, 6.45) is -1.23. The molecule has 2 nitrogen and oxygen atoms in total. The molecule has 5 heteroatoms. The van der Waals surface area contributed by atoms with Gasteiger partial charge in [0.2, 0.25) is 0 Å². The van der Waals surface area contributed by atoms with E-state index in [0.29, 0.717) is 5.92 Å². The van der Waals surface area contributed by atoms with E-state index in [1.54, 1.807) is 12.1 Å². The molecule has 1 aromatic carbocycles. The molecule has 0 radical (unpaired) electrons. The molecule has 1 atom stereocenters. The summed E-state index contributed by atoms with van der Waals surface area (Å²) in [6.45, 7) is 3.65. The summed E-state index contributed by atoms with van der Waals surface area (Å²) in [4.78, 5) is 2.33. The smallest absolute Gasteiger partial charge is 0.263 e. The van der Waals surface area contributed by atoms with Crippen LogP contribution >= 0.6 is 12.4 Å². The van der Waals surface area contributed by atoms with Crippen LogP contribution in [0, 0.1) is 5.92 Å². The fraction of sp³-hybridized carbons (Fsp3) is 0.538. The fourth-order valence-electron chi connectivity index (χ4n) is 2.28. The van der Waals surface area contributed by atoms with Gasteiger partial charge in [0.05, 0.1) is 0 Å². The van der Waals surface area contributed by atoms with Crippen LogP contribution in [-0.4, -0.2) is 24.5 Å². The van der Waals surface area contributed by atoms with E-state index < -0.39 is 6.43 Å². The number of nitrogens with two attached hydrogens (primary N) is 1. The predicted molar refractivity (Wildman–Crippen MR) is 71.1 cm³/mol. The third kappa shape index (κ3) is 3.90. The number of likely N-dealkylation sites (tertiary alicyclic amines) is 1. The van der Waals surface area contributed by atoms with Crippen LogP contribution in [0.4, 0.5) is 8.78 Å². The summed E-state index contributed by atoms with van der Waals surface area (Å²) in [6, 6.07) is 6.60. The quantitative estimate of drug-likeness (QED) is 0.916. The molecule has 102 valence electrons. The Morgan fingerprint density at radius 2 is 1.94 bits per heavy atom. The standard InChI is InChI=1S/C13H18F2N2.ClH/c14-13(15)12-3-1-10(2-4-12)8-17-6-5-11(7-16)9-17;/h1-4,11,13H,5-9,16H2;1H. The van der Waals surface area contributed by atoms with Crippen molar-refractivity contribution in [3.8, 4) is 0 Å². The molecule has 2 N–H and O–H groups in total. The van der Waals surface area contributed by atoms with Crippen molar-refractivity contribution >= 4 is 12.4 Å². The Labute approximate surface area is 113 Å². The van der Waals surface area contributed by atoms with Crippen LogP contribution in [0.5, 0.6) is 0 Å². The van der Waals surface area contributed by atoms with Gasteiger partial charge in [-0.2, -0.15) is 0 Å². The van der Waals surface area contributed by atoms with Crippen molar-refractivity contribution in [1.82, 2.24) is 4.90 Å². The van der Waals surface area contributed by atoms with Crippen LogP contribution in [0.25, 0.3) is 0 Å². The third-order valence-electron chi connectivity index (χ3n) is 3.34. The highest BCUT2D eigenvalue weighted by atomic mass is 35.5. The van der Waals surface area contributed by atoms with Gasteiger partial charge in [0.25, 0.3) is 6.43 Å². The van der Waals surface area contributed by atoms with Crippen LogP contribution in [0.2, 0.25) is 0 Å². The van der Waals surface area contributed by atoms with E-state index in [-0.39, 0.29) is 18.0 Å². The van der Waals surface area contributed by atoms with Gasteiger partial charge in [0.15, 0.2) is 0 Å². The molecule has 18 heavy (non-hydrogen) atoms. The number of hydrogen-bond donors (Lipinski definition) is 1. The molecule has 0 saturated carbocycles. The first-order chi connectivity index (χ1) is 8.19. The lowest BCUT2D eigenvalue weighted by molar-refractivity contribution is 0.151. The van der Waals surface area contributed by atoms with Gasteiger partial charge >= 0.3 is 0 Å². The molecule has 0 aromatic heterocycles. The molecule has 1 saturated heterocycles. The van der Waals surface area contributed by atoms with Gasteiger partial charge in [-0.1, -0.05) is 24.3 Å². The third-order valence-corrected chi connectivity index (χ3v) is 3.34. The Kier molecular flexibility index (Phi) is 5.99.